The first-order valence-electron chi connectivity index (χ1n) is 9.06. The average Bonchev–Trinajstić information content (AvgIpc) is 3.10. The predicted octanol–water partition coefficient (Wildman–Crippen LogP) is 2.91. The average molecular weight is 386 g/mol. The molecule has 0 aliphatic heterocycles. The molecule has 1 aromatic carbocycles. The number of hydrogen-bond donors (Lipinski definition) is 2. The van der Waals surface area contributed by atoms with E-state index >= 15 is 0 Å². The maximum Gasteiger partial charge on any atom is 0.266 e. The topological polar surface area (TPSA) is 102 Å². The quantitative estimate of drug-likeness (QED) is 0.699. The van der Waals surface area contributed by atoms with Crippen LogP contribution in [-0.2, 0) is 17.1 Å². The molecule has 0 unspecified atom stereocenters. The number of nitrogens with one attached hydrogen (secondary N) is 2. The van der Waals surface area contributed by atoms with E-state index in [1.54, 1.807) is 7.05 Å². The van der Waals surface area contributed by atoms with E-state index < -0.39 is 10.0 Å². The van der Waals surface area contributed by atoms with Gasteiger partial charge in [-0.3, -0.25) is 9.40 Å². The van der Waals surface area contributed by atoms with E-state index in [1.165, 1.54) is 23.5 Å². The Labute approximate surface area is 158 Å². The summed E-state index contributed by atoms with van der Waals surface area (Å²) in [6.45, 7) is 0. The summed E-state index contributed by atoms with van der Waals surface area (Å²) in [6.07, 6.45) is 8.41. The van der Waals surface area contributed by atoms with Crippen molar-refractivity contribution < 1.29 is 8.42 Å². The van der Waals surface area contributed by atoms with Gasteiger partial charge in [-0.25, -0.2) is 18.4 Å². The van der Waals surface area contributed by atoms with Gasteiger partial charge in [0.25, 0.3) is 10.0 Å². The van der Waals surface area contributed by atoms with Gasteiger partial charge < -0.3 is 5.32 Å². The second kappa shape index (κ2) is 7.15. The smallest absolute Gasteiger partial charge is 0.266 e. The fraction of sp³-hybridized carbons (Fsp3) is 0.389. The maximum absolute atomic E-state index is 12.7. The van der Waals surface area contributed by atoms with Gasteiger partial charge in [-0.1, -0.05) is 31.4 Å². The van der Waals surface area contributed by atoms with E-state index in [0.717, 1.165) is 31.2 Å². The molecule has 4 rings (SSSR count). The fourth-order valence-electron chi connectivity index (χ4n) is 3.34. The standard InChI is InChI=1S/C18H22N6O2S/c1-24-12-14(11-19-24)27(25,26)23-18-17(20-13-7-3-2-4-8-13)21-15-9-5-6-10-16(15)22-18/h5-6,9-13H,2-4,7-8H2,1H3,(H,20,21)(H,22,23). The number of rotatable bonds is 5. The minimum absolute atomic E-state index is 0.0866. The van der Waals surface area contributed by atoms with Crippen LogP contribution in [0.2, 0.25) is 0 Å². The lowest BCUT2D eigenvalue weighted by Crippen LogP contribution is -2.24. The molecule has 2 aromatic heterocycles. The van der Waals surface area contributed by atoms with Crippen molar-refractivity contribution in [1.82, 2.24) is 19.7 Å². The first kappa shape index (κ1) is 17.7. The molecule has 0 bridgehead atoms. The first-order chi connectivity index (χ1) is 13.0. The Morgan fingerprint density at radius 2 is 1.70 bits per heavy atom. The SMILES string of the molecule is Cn1cc(S(=O)(=O)Nc2nc3ccccc3nc2NC2CCCCC2)cn1. The molecule has 0 amide bonds. The minimum Gasteiger partial charge on any atom is -0.364 e. The van der Waals surface area contributed by atoms with Gasteiger partial charge in [0, 0.05) is 19.3 Å². The normalized spacial score (nSPS) is 15.7. The van der Waals surface area contributed by atoms with Crippen molar-refractivity contribution >= 4 is 32.7 Å². The Balaban J connectivity index is 1.71. The molecule has 27 heavy (non-hydrogen) atoms. The molecule has 8 nitrogen and oxygen atoms in total. The molecule has 9 heteroatoms. The summed E-state index contributed by atoms with van der Waals surface area (Å²) < 4.78 is 29.5. The van der Waals surface area contributed by atoms with Gasteiger partial charge >= 0.3 is 0 Å². The Kier molecular flexibility index (Phi) is 4.69. The van der Waals surface area contributed by atoms with Crippen LogP contribution in [-0.4, -0.2) is 34.2 Å². The molecular formula is C18H22N6O2S. The third-order valence-electron chi connectivity index (χ3n) is 4.74. The monoisotopic (exact) mass is 386 g/mol. The number of aryl methyl sites for hydroxylation is 1. The zero-order valence-electron chi connectivity index (χ0n) is 15.1. The van der Waals surface area contributed by atoms with Crippen LogP contribution in [0.15, 0.2) is 41.6 Å². The van der Waals surface area contributed by atoms with Crippen molar-refractivity contribution in [2.24, 2.45) is 7.05 Å². The number of sulfonamides is 1. The Hall–Kier alpha value is -2.68. The van der Waals surface area contributed by atoms with Crippen molar-refractivity contribution in [3.8, 4) is 0 Å². The summed E-state index contributed by atoms with van der Waals surface area (Å²) in [5.41, 5.74) is 1.36. The maximum atomic E-state index is 12.7. The molecule has 3 aromatic rings. The van der Waals surface area contributed by atoms with Crippen molar-refractivity contribution in [3.63, 3.8) is 0 Å². The lowest BCUT2D eigenvalue weighted by Gasteiger charge is -2.24. The Bertz CT molecular complexity index is 1060. The predicted molar refractivity (Wildman–Crippen MR) is 104 cm³/mol. The molecule has 2 heterocycles. The van der Waals surface area contributed by atoms with Gasteiger partial charge in [0.2, 0.25) is 0 Å². The second-order valence-corrected chi connectivity index (χ2v) is 8.53. The van der Waals surface area contributed by atoms with Gasteiger partial charge in [0.15, 0.2) is 11.6 Å². The van der Waals surface area contributed by atoms with Crippen LogP contribution in [0.25, 0.3) is 11.0 Å². The van der Waals surface area contributed by atoms with Crippen LogP contribution in [0.5, 0.6) is 0 Å². The molecule has 0 atom stereocenters. The van der Waals surface area contributed by atoms with Crippen LogP contribution >= 0.6 is 0 Å². The highest BCUT2D eigenvalue weighted by Gasteiger charge is 2.22. The zero-order valence-corrected chi connectivity index (χ0v) is 15.9. The number of hydrogen-bond acceptors (Lipinski definition) is 6. The van der Waals surface area contributed by atoms with Crippen molar-refractivity contribution in [2.45, 2.75) is 43.0 Å². The lowest BCUT2D eigenvalue weighted by atomic mass is 9.95. The number of nitrogens with zero attached hydrogens (tertiary/aromatic N) is 4. The van der Waals surface area contributed by atoms with Gasteiger partial charge in [-0.05, 0) is 25.0 Å². The van der Waals surface area contributed by atoms with E-state index in [2.05, 4.69) is 25.1 Å². The van der Waals surface area contributed by atoms with Crippen molar-refractivity contribution in [3.05, 3.63) is 36.7 Å². The van der Waals surface area contributed by atoms with E-state index in [-0.39, 0.29) is 16.8 Å². The molecule has 2 N–H and O–H groups in total. The van der Waals surface area contributed by atoms with Crippen LogP contribution in [0.3, 0.4) is 0 Å². The van der Waals surface area contributed by atoms with Crippen LogP contribution in [0, 0.1) is 0 Å². The largest absolute Gasteiger partial charge is 0.364 e. The van der Waals surface area contributed by atoms with Crippen molar-refractivity contribution in [1.29, 1.82) is 0 Å². The molecule has 0 saturated heterocycles. The van der Waals surface area contributed by atoms with E-state index in [9.17, 15) is 8.42 Å². The second-order valence-electron chi connectivity index (χ2n) is 6.84. The Morgan fingerprint density at radius 3 is 2.33 bits per heavy atom. The minimum atomic E-state index is -3.80. The highest BCUT2D eigenvalue weighted by atomic mass is 32.2. The number of anilines is 2. The molecule has 142 valence electrons. The molecule has 0 spiro atoms. The molecule has 1 fully saturated rings. The third-order valence-corrected chi connectivity index (χ3v) is 6.03. The van der Waals surface area contributed by atoms with Gasteiger partial charge in [0.05, 0.1) is 17.2 Å². The zero-order chi connectivity index (χ0) is 18.9. The summed E-state index contributed by atoms with van der Waals surface area (Å²) in [5.74, 6) is 0.677. The lowest BCUT2D eigenvalue weighted by molar-refractivity contribution is 0.462. The van der Waals surface area contributed by atoms with Crippen molar-refractivity contribution in [2.75, 3.05) is 10.0 Å². The Morgan fingerprint density at radius 1 is 1.04 bits per heavy atom. The fourth-order valence-corrected chi connectivity index (χ4v) is 4.33. The first-order valence-corrected chi connectivity index (χ1v) is 10.5. The molecule has 1 saturated carbocycles. The third kappa shape index (κ3) is 3.87. The summed E-state index contributed by atoms with van der Waals surface area (Å²) in [5, 5.41) is 7.34. The van der Waals surface area contributed by atoms with Gasteiger partial charge in [-0.2, -0.15) is 5.10 Å². The number of fused-ring (bicyclic) bond motifs is 1. The molecule has 0 radical (unpaired) electrons. The summed E-state index contributed by atoms with van der Waals surface area (Å²) >= 11 is 0. The van der Waals surface area contributed by atoms with E-state index in [1.807, 2.05) is 24.3 Å². The van der Waals surface area contributed by atoms with Gasteiger partial charge in [-0.15, -0.1) is 0 Å². The molecular weight excluding hydrogens is 364 g/mol. The van der Waals surface area contributed by atoms with Gasteiger partial charge in [0.1, 0.15) is 4.90 Å². The number of para-hydroxylation sites is 2. The van der Waals surface area contributed by atoms with E-state index in [4.69, 9.17) is 0 Å². The summed E-state index contributed by atoms with van der Waals surface area (Å²) in [4.78, 5) is 9.23. The highest BCUT2D eigenvalue weighted by Crippen LogP contribution is 2.27. The van der Waals surface area contributed by atoms with Crippen LogP contribution < -0.4 is 10.0 Å². The van der Waals surface area contributed by atoms with E-state index in [0.29, 0.717) is 11.3 Å². The molecule has 1 aliphatic rings. The number of aromatic nitrogens is 4. The summed E-state index contributed by atoms with van der Waals surface area (Å²) in [7, 11) is -2.13. The van der Waals surface area contributed by atoms with Crippen LogP contribution in [0.1, 0.15) is 32.1 Å². The highest BCUT2D eigenvalue weighted by molar-refractivity contribution is 7.92. The van der Waals surface area contributed by atoms with Crippen LogP contribution in [0.4, 0.5) is 11.6 Å². The summed E-state index contributed by atoms with van der Waals surface area (Å²) in [6, 6.07) is 7.70. The number of benzene rings is 1. The molecule has 1 aliphatic carbocycles.